The molecule has 0 saturated heterocycles. The molecule has 1 radical (unpaired) electrons. The van der Waals surface area contributed by atoms with E-state index in [1.54, 1.807) is 6.07 Å². The molecule has 0 heterocycles. The van der Waals surface area contributed by atoms with E-state index in [1.165, 1.54) is 31.7 Å². The van der Waals surface area contributed by atoms with Crippen LogP contribution in [0.4, 0.5) is 13.2 Å². The monoisotopic (exact) mass is 420 g/mol. The van der Waals surface area contributed by atoms with Crippen molar-refractivity contribution in [2.45, 2.75) is 45.4 Å². The number of rotatable bonds is 4. The van der Waals surface area contributed by atoms with Crippen LogP contribution >= 0.6 is 0 Å². The second-order valence-corrected chi connectivity index (χ2v) is 7.04. The maximum Gasteiger partial charge on any atom is 0.129 e. The van der Waals surface area contributed by atoms with E-state index in [1.807, 2.05) is 12.1 Å². The molecule has 1 aliphatic carbocycles. The Kier molecular flexibility index (Phi) is 7.70. The predicted octanol–water partition coefficient (Wildman–Crippen LogP) is 6.33. The Balaban J connectivity index is 0.00000225. The van der Waals surface area contributed by atoms with Gasteiger partial charge in [-0.2, -0.15) is 0 Å². The molecule has 4 heteroatoms. The summed E-state index contributed by atoms with van der Waals surface area (Å²) in [7, 11) is 0. The van der Waals surface area contributed by atoms with Crippen LogP contribution in [0.15, 0.2) is 30.3 Å². The summed E-state index contributed by atoms with van der Waals surface area (Å²) in [5.74, 6) is -0.506. The molecule has 0 nitrogen and oxygen atoms in total. The summed E-state index contributed by atoms with van der Waals surface area (Å²) >= 11 is 0. The van der Waals surface area contributed by atoms with Gasteiger partial charge in [0.25, 0.3) is 0 Å². The molecule has 0 unspecified atom stereocenters. The Morgan fingerprint density at radius 2 is 1.60 bits per heavy atom. The van der Waals surface area contributed by atoms with Gasteiger partial charge in [-0.1, -0.05) is 44.7 Å². The summed E-state index contributed by atoms with van der Waals surface area (Å²) in [6, 6.07) is 9.08. The topological polar surface area (TPSA) is 0 Å². The maximum absolute atomic E-state index is 14.4. The molecule has 0 aliphatic heterocycles. The summed E-state index contributed by atoms with van der Waals surface area (Å²) in [6.45, 7) is 2.30. The van der Waals surface area contributed by atoms with Gasteiger partial charge < -0.3 is 0 Å². The van der Waals surface area contributed by atoms with Crippen molar-refractivity contribution in [3.63, 3.8) is 0 Å². The first-order valence-electron chi connectivity index (χ1n) is 8.68. The molecule has 0 N–H and O–H groups in total. The van der Waals surface area contributed by atoms with Crippen molar-refractivity contribution in [2.75, 3.05) is 0 Å². The van der Waals surface area contributed by atoms with Crippen LogP contribution in [0, 0.1) is 35.4 Å². The molecule has 1 saturated carbocycles. The Labute approximate surface area is 173 Å². The molecule has 0 amide bonds. The van der Waals surface area contributed by atoms with Crippen molar-refractivity contribution in [1.29, 1.82) is 0 Å². The summed E-state index contributed by atoms with van der Waals surface area (Å²) in [5, 5.41) is 0. The van der Waals surface area contributed by atoms with Crippen LogP contribution in [-0.4, -0.2) is 0 Å². The van der Waals surface area contributed by atoms with Crippen molar-refractivity contribution >= 4 is 0 Å². The number of benzene rings is 2. The Hall–Kier alpha value is -0.666. The van der Waals surface area contributed by atoms with E-state index in [4.69, 9.17) is 0 Å². The van der Waals surface area contributed by atoms with Crippen LogP contribution < -0.4 is 0 Å². The zero-order valence-corrected chi connectivity index (χ0v) is 17.3. The van der Waals surface area contributed by atoms with Crippen molar-refractivity contribution in [3.8, 4) is 11.1 Å². The molecule has 25 heavy (non-hydrogen) atoms. The first-order chi connectivity index (χ1) is 11.5. The van der Waals surface area contributed by atoms with Gasteiger partial charge in [0.1, 0.15) is 5.82 Å². The second-order valence-electron chi connectivity index (χ2n) is 7.04. The standard InChI is InChI=1S/C21H22F3.Y/c1-14-2-4-15(5-3-14)6-7-16-8-9-20(21(24)10-16)17-11-18(22)13-19(23)12-17;/h8-12,14-15H,2-7H2,1H3;/q-1;. The van der Waals surface area contributed by atoms with Crippen molar-refractivity contribution in [2.24, 2.45) is 11.8 Å². The van der Waals surface area contributed by atoms with Crippen LogP contribution in [0.25, 0.3) is 11.1 Å². The number of aryl methyl sites for hydroxylation is 1. The van der Waals surface area contributed by atoms with E-state index in [-0.39, 0.29) is 43.8 Å². The molecule has 3 rings (SSSR count). The molecule has 0 atom stereocenters. The first-order valence-corrected chi connectivity index (χ1v) is 8.68. The molecule has 0 spiro atoms. The van der Waals surface area contributed by atoms with Crippen LogP contribution in [0.2, 0.25) is 0 Å². The minimum absolute atomic E-state index is 0. The molecular formula is C21H22F3Y-. The van der Waals surface area contributed by atoms with E-state index in [9.17, 15) is 13.2 Å². The smallest absolute Gasteiger partial charge is 0.129 e. The van der Waals surface area contributed by atoms with E-state index in [0.717, 1.165) is 42.4 Å². The second kappa shape index (κ2) is 9.32. The molecule has 2 aromatic carbocycles. The third kappa shape index (κ3) is 5.66. The normalized spacial score (nSPS) is 20.2. The summed E-state index contributed by atoms with van der Waals surface area (Å²) in [5.41, 5.74) is 1.37. The van der Waals surface area contributed by atoms with Gasteiger partial charge in [-0.25, -0.2) is 13.2 Å². The van der Waals surface area contributed by atoms with E-state index >= 15 is 0 Å². The maximum atomic E-state index is 14.4. The van der Waals surface area contributed by atoms with Crippen LogP contribution in [0.5, 0.6) is 0 Å². The van der Waals surface area contributed by atoms with Crippen molar-refractivity contribution in [1.82, 2.24) is 0 Å². The molecular weight excluding hydrogens is 398 g/mol. The first kappa shape index (κ1) is 20.6. The minimum atomic E-state index is -0.819. The molecule has 2 aromatic rings. The van der Waals surface area contributed by atoms with Gasteiger partial charge in [-0.3, -0.25) is 0 Å². The van der Waals surface area contributed by atoms with Gasteiger partial charge >= 0.3 is 0 Å². The Bertz CT molecular complexity index is 686. The quantitative estimate of drug-likeness (QED) is 0.508. The van der Waals surface area contributed by atoms with Gasteiger partial charge in [0, 0.05) is 44.3 Å². The Morgan fingerprint density at radius 3 is 2.20 bits per heavy atom. The van der Waals surface area contributed by atoms with Crippen LogP contribution in [0.3, 0.4) is 0 Å². The zero-order valence-electron chi connectivity index (χ0n) is 14.5. The average molecular weight is 420 g/mol. The Morgan fingerprint density at radius 1 is 0.960 bits per heavy atom. The minimum Gasteiger partial charge on any atom is -0.236 e. The van der Waals surface area contributed by atoms with Gasteiger partial charge in [0.05, 0.1) is 0 Å². The molecule has 1 aliphatic rings. The molecule has 1 fully saturated rings. The zero-order chi connectivity index (χ0) is 17.1. The third-order valence-electron chi connectivity index (χ3n) is 5.12. The fourth-order valence-electron chi connectivity index (χ4n) is 3.59. The molecule has 0 bridgehead atoms. The summed E-state index contributed by atoms with van der Waals surface area (Å²) in [6.07, 6.45) is 7.04. The third-order valence-corrected chi connectivity index (χ3v) is 5.12. The molecule has 0 aromatic heterocycles. The van der Waals surface area contributed by atoms with Gasteiger partial charge in [-0.05, 0) is 41.9 Å². The fraction of sp³-hybridized carbons (Fsp3) is 0.429. The van der Waals surface area contributed by atoms with E-state index in [2.05, 4.69) is 6.92 Å². The van der Waals surface area contributed by atoms with Gasteiger partial charge in [0.15, 0.2) is 0 Å². The van der Waals surface area contributed by atoms with Gasteiger partial charge in [0.2, 0.25) is 0 Å². The number of hydrogen-bond donors (Lipinski definition) is 0. The average Bonchev–Trinajstić information content (AvgIpc) is 2.53. The number of halogens is 3. The number of hydrogen-bond acceptors (Lipinski definition) is 0. The van der Waals surface area contributed by atoms with E-state index < -0.39 is 17.5 Å². The van der Waals surface area contributed by atoms with Gasteiger partial charge in [-0.15, -0.1) is 23.8 Å². The fourth-order valence-corrected chi connectivity index (χ4v) is 3.59. The molecule has 131 valence electrons. The SMILES string of the molecule is CC1CCC(CCc2ccc(-c3cc(F)[c-]c(F)c3)c(F)c2)CC1.[Y]. The predicted molar refractivity (Wildman–Crippen MR) is 90.0 cm³/mol. The van der Waals surface area contributed by atoms with Crippen LogP contribution in [-0.2, 0) is 39.1 Å². The van der Waals surface area contributed by atoms with Crippen molar-refractivity contribution < 1.29 is 45.9 Å². The van der Waals surface area contributed by atoms with Crippen LogP contribution in [0.1, 0.15) is 44.6 Å². The summed E-state index contributed by atoms with van der Waals surface area (Å²) < 4.78 is 40.9. The van der Waals surface area contributed by atoms with Crippen molar-refractivity contribution in [3.05, 3.63) is 59.4 Å². The summed E-state index contributed by atoms with van der Waals surface area (Å²) in [4.78, 5) is 0. The van der Waals surface area contributed by atoms with E-state index in [0.29, 0.717) is 0 Å². The largest absolute Gasteiger partial charge is 0.236 e.